The molecule has 0 spiro atoms. The molecule has 0 fully saturated rings. The van der Waals surface area contributed by atoms with Crippen molar-refractivity contribution in [3.63, 3.8) is 0 Å². The Morgan fingerprint density at radius 1 is 1.32 bits per heavy atom. The highest BCUT2D eigenvalue weighted by atomic mass is 32.2. The van der Waals surface area contributed by atoms with Gasteiger partial charge in [0, 0.05) is 5.75 Å². The van der Waals surface area contributed by atoms with Crippen LogP contribution in [-0.2, 0) is 13.0 Å². The summed E-state index contributed by atoms with van der Waals surface area (Å²) in [7, 11) is 0. The Kier molecular flexibility index (Phi) is 4.51. The lowest BCUT2D eigenvalue weighted by Gasteiger charge is -2.04. The predicted octanol–water partition coefficient (Wildman–Crippen LogP) is 1.20. The fourth-order valence-electron chi connectivity index (χ4n) is 1.66. The number of aromatic nitrogens is 4. The molecule has 1 heterocycles. The molecule has 19 heavy (non-hydrogen) atoms. The average molecular weight is 276 g/mol. The van der Waals surface area contributed by atoms with Crippen LogP contribution in [0.4, 0.5) is 0 Å². The molecule has 0 aliphatic heterocycles. The van der Waals surface area contributed by atoms with Crippen LogP contribution in [0.15, 0.2) is 24.3 Å². The molecule has 3 N–H and O–H groups in total. The number of nitrogens with one attached hydrogen (secondary N) is 1. The van der Waals surface area contributed by atoms with Crippen molar-refractivity contribution in [2.45, 2.75) is 19.9 Å². The van der Waals surface area contributed by atoms with Crippen molar-refractivity contribution in [1.29, 1.82) is 5.41 Å². The molecule has 6 nitrogen and oxygen atoms in total. The Morgan fingerprint density at radius 2 is 2.00 bits per heavy atom. The summed E-state index contributed by atoms with van der Waals surface area (Å²) in [5, 5.41) is 18.7. The molecule has 1 aromatic heterocycles. The van der Waals surface area contributed by atoms with Crippen molar-refractivity contribution in [2.75, 3.05) is 5.75 Å². The minimum absolute atomic E-state index is 0.172. The van der Waals surface area contributed by atoms with Gasteiger partial charge in [-0.3, -0.25) is 5.41 Å². The van der Waals surface area contributed by atoms with Gasteiger partial charge in [0.15, 0.2) is 5.17 Å². The number of hydrogen-bond acceptors (Lipinski definition) is 5. The molecular weight excluding hydrogens is 260 g/mol. The number of thioether (sulfide) groups is 1. The van der Waals surface area contributed by atoms with Gasteiger partial charge in [-0.1, -0.05) is 36.0 Å². The second kappa shape index (κ2) is 6.33. The van der Waals surface area contributed by atoms with Gasteiger partial charge in [-0.2, -0.15) is 0 Å². The molecule has 0 aliphatic carbocycles. The van der Waals surface area contributed by atoms with Crippen LogP contribution in [0.1, 0.15) is 17.0 Å². The first-order valence-corrected chi connectivity index (χ1v) is 6.91. The van der Waals surface area contributed by atoms with Gasteiger partial charge in [-0.15, -0.1) is 5.10 Å². The van der Waals surface area contributed by atoms with Crippen LogP contribution in [0.5, 0.6) is 0 Å². The van der Waals surface area contributed by atoms with Crippen LogP contribution < -0.4 is 5.73 Å². The molecule has 7 heteroatoms. The quantitative estimate of drug-likeness (QED) is 0.632. The van der Waals surface area contributed by atoms with Gasteiger partial charge in [-0.05, 0) is 34.9 Å². The normalized spacial score (nSPS) is 10.6. The Hall–Kier alpha value is -1.89. The Bertz CT molecular complexity index is 548. The molecule has 0 aliphatic rings. The number of aryl methyl sites for hydroxylation is 2. The van der Waals surface area contributed by atoms with Crippen LogP contribution in [0, 0.1) is 12.3 Å². The van der Waals surface area contributed by atoms with Crippen molar-refractivity contribution in [2.24, 2.45) is 5.73 Å². The van der Waals surface area contributed by atoms with Gasteiger partial charge in [0.1, 0.15) is 5.82 Å². The van der Waals surface area contributed by atoms with E-state index in [1.165, 1.54) is 22.9 Å². The maximum Gasteiger partial charge on any atom is 0.151 e. The maximum absolute atomic E-state index is 7.14. The SMILES string of the molecule is Cc1nnnn1Cc1ccc(CCSC(=N)N)cc1. The lowest BCUT2D eigenvalue weighted by Crippen LogP contribution is -2.06. The third-order valence-electron chi connectivity index (χ3n) is 2.71. The maximum atomic E-state index is 7.14. The molecule has 0 saturated carbocycles. The third-order valence-corrected chi connectivity index (χ3v) is 3.43. The number of rotatable bonds is 5. The second-order valence-corrected chi connectivity index (χ2v) is 5.30. The zero-order valence-corrected chi connectivity index (χ0v) is 11.5. The lowest BCUT2D eigenvalue weighted by atomic mass is 10.1. The van der Waals surface area contributed by atoms with Crippen LogP contribution in [0.25, 0.3) is 0 Å². The number of amidine groups is 1. The monoisotopic (exact) mass is 276 g/mol. The Balaban J connectivity index is 1.91. The molecule has 0 amide bonds. The van der Waals surface area contributed by atoms with Crippen molar-refractivity contribution >= 4 is 16.9 Å². The summed E-state index contributed by atoms with van der Waals surface area (Å²) in [6.45, 7) is 2.56. The molecule has 0 saturated heterocycles. The summed E-state index contributed by atoms with van der Waals surface area (Å²) in [6, 6.07) is 8.34. The highest BCUT2D eigenvalue weighted by Gasteiger charge is 2.02. The van der Waals surface area contributed by atoms with E-state index in [2.05, 4.69) is 39.8 Å². The predicted molar refractivity (Wildman–Crippen MR) is 76.2 cm³/mol. The molecular formula is C12H16N6S. The van der Waals surface area contributed by atoms with Crippen molar-refractivity contribution in [3.8, 4) is 0 Å². The lowest BCUT2D eigenvalue weighted by molar-refractivity contribution is 0.633. The topological polar surface area (TPSA) is 93.5 Å². The van der Waals surface area contributed by atoms with Crippen LogP contribution >= 0.6 is 11.8 Å². The molecule has 0 bridgehead atoms. The average Bonchev–Trinajstić information content (AvgIpc) is 2.77. The Morgan fingerprint density at radius 3 is 2.58 bits per heavy atom. The van der Waals surface area contributed by atoms with E-state index in [-0.39, 0.29) is 5.17 Å². The van der Waals surface area contributed by atoms with Crippen molar-refractivity contribution < 1.29 is 0 Å². The minimum Gasteiger partial charge on any atom is -0.379 e. The van der Waals surface area contributed by atoms with Crippen molar-refractivity contribution in [3.05, 3.63) is 41.2 Å². The van der Waals surface area contributed by atoms with Gasteiger partial charge in [0.25, 0.3) is 0 Å². The number of benzene rings is 1. The van der Waals surface area contributed by atoms with Crippen LogP contribution in [0.2, 0.25) is 0 Å². The van der Waals surface area contributed by atoms with E-state index < -0.39 is 0 Å². The molecule has 1 aromatic carbocycles. The fraction of sp³-hybridized carbons (Fsp3) is 0.333. The number of nitrogens with zero attached hydrogens (tertiary/aromatic N) is 4. The largest absolute Gasteiger partial charge is 0.379 e. The van der Waals surface area contributed by atoms with Gasteiger partial charge in [0.2, 0.25) is 0 Å². The summed E-state index contributed by atoms with van der Waals surface area (Å²) >= 11 is 1.37. The summed E-state index contributed by atoms with van der Waals surface area (Å²) in [4.78, 5) is 0. The zero-order chi connectivity index (χ0) is 13.7. The first-order valence-electron chi connectivity index (χ1n) is 5.92. The second-order valence-electron chi connectivity index (χ2n) is 4.16. The highest BCUT2D eigenvalue weighted by molar-refractivity contribution is 8.13. The number of nitrogens with two attached hydrogens (primary N) is 1. The highest BCUT2D eigenvalue weighted by Crippen LogP contribution is 2.10. The van der Waals surface area contributed by atoms with E-state index in [9.17, 15) is 0 Å². The standard InChI is InChI=1S/C12H16N6S/c1-9-15-16-17-18(9)8-11-4-2-10(3-5-11)6-7-19-12(13)14/h2-5H,6-8H2,1H3,(H3,13,14). The molecule has 2 aromatic rings. The minimum atomic E-state index is 0.172. The smallest absolute Gasteiger partial charge is 0.151 e. The first-order chi connectivity index (χ1) is 9.15. The van der Waals surface area contributed by atoms with Crippen molar-refractivity contribution in [1.82, 2.24) is 20.2 Å². The van der Waals surface area contributed by atoms with Gasteiger partial charge >= 0.3 is 0 Å². The van der Waals surface area contributed by atoms with Crippen LogP contribution in [-0.4, -0.2) is 31.1 Å². The molecule has 0 atom stereocenters. The molecule has 0 unspecified atom stereocenters. The number of hydrogen-bond donors (Lipinski definition) is 2. The summed E-state index contributed by atoms with van der Waals surface area (Å²) in [5.41, 5.74) is 7.70. The fourth-order valence-corrected chi connectivity index (χ4v) is 2.22. The van der Waals surface area contributed by atoms with E-state index in [1.807, 2.05) is 6.92 Å². The number of tetrazole rings is 1. The summed E-state index contributed by atoms with van der Waals surface area (Å²) < 4.78 is 1.76. The van der Waals surface area contributed by atoms with E-state index in [1.54, 1.807) is 4.68 Å². The zero-order valence-electron chi connectivity index (χ0n) is 10.7. The van der Waals surface area contributed by atoms with E-state index in [0.717, 1.165) is 18.0 Å². The van der Waals surface area contributed by atoms with E-state index >= 15 is 0 Å². The summed E-state index contributed by atoms with van der Waals surface area (Å²) in [6.07, 6.45) is 0.911. The van der Waals surface area contributed by atoms with Gasteiger partial charge < -0.3 is 5.73 Å². The molecule has 0 radical (unpaired) electrons. The molecule has 100 valence electrons. The summed E-state index contributed by atoms with van der Waals surface area (Å²) in [5.74, 6) is 1.64. The Labute approximate surface area is 115 Å². The van der Waals surface area contributed by atoms with Gasteiger partial charge in [-0.25, -0.2) is 4.68 Å². The first kappa shape index (κ1) is 13.5. The third kappa shape index (κ3) is 4.06. The van der Waals surface area contributed by atoms with E-state index in [4.69, 9.17) is 11.1 Å². The van der Waals surface area contributed by atoms with Crippen LogP contribution in [0.3, 0.4) is 0 Å². The van der Waals surface area contributed by atoms with E-state index in [0.29, 0.717) is 6.54 Å². The van der Waals surface area contributed by atoms with Gasteiger partial charge in [0.05, 0.1) is 6.54 Å². The molecule has 2 rings (SSSR count).